The van der Waals surface area contributed by atoms with Crippen molar-refractivity contribution in [1.29, 1.82) is 0 Å². The van der Waals surface area contributed by atoms with Crippen molar-refractivity contribution < 1.29 is 31.1 Å². The first kappa shape index (κ1) is 21.1. The summed E-state index contributed by atoms with van der Waals surface area (Å²) in [6.07, 6.45) is 0.152. The van der Waals surface area contributed by atoms with Crippen LogP contribution in [0.15, 0.2) is 52.6 Å². The molecule has 2 aliphatic rings. The molecule has 1 amide bonds. The van der Waals surface area contributed by atoms with Crippen molar-refractivity contribution in [2.75, 3.05) is 18.9 Å². The SMILES string of the molecule is O=C(NCc1ccc(COCC(F)(F)F)cc1)C1=CN2CCS(=O)(=O)N=C2C=C1. The van der Waals surface area contributed by atoms with Gasteiger partial charge in [-0.1, -0.05) is 24.3 Å². The maximum Gasteiger partial charge on any atom is 0.411 e. The van der Waals surface area contributed by atoms with Gasteiger partial charge in [0.2, 0.25) is 0 Å². The summed E-state index contributed by atoms with van der Waals surface area (Å²) >= 11 is 0. The minimum absolute atomic E-state index is 0.116. The molecule has 3 rings (SSSR count). The van der Waals surface area contributed by atoms with Gasteiger partial charge in [0.25, 0.3) is 15.9 Å². The zero-order chi connectivity index (χ0) is 21.1. The van der Waals surface area contributed by atoms with E-state index >= 15 is 0 Å². The lowest BCUT2D eigenvalue weighted by Gasteiger charge is -2.26. The summed E-state index contributed by atoms with van der Waals surface area (Å²) < 4.78 is 67.4. The molecule has 1 N–H and O–H groups in total. The fourth-order valence-corrected chi connectivity index (χ4v) is 3.63. The van der Waals surface area contributed by atoms with Gasteiger partial charge in [-0.3, -0.25) is 4.79 Å². The molecule has 0 unspecified atom stereocenters. The van der Waals surface area contributed by atoms with E-state index in [9.17, 15) is 26.4 Å². The summed E-state index contributed by atoms with van der Waals surface area (Å²) in [7, 11) is -3.45. The highest BCUT2D eigenvalue weighted by Crippen LogP contribution is 2.17. The van der Waals surface area contributed by atoms with Gasteiger partial charge in [0.05, 0.1) is 17.9 Å². The molecule has 2 aliphatic heterocycles. The number of hydrogen-bond donors (Lipinski definition) is 1. The third-order valence-electron chi connectivity index (χ3n) is 4.10. The van der Waals surface area contributed by atoms with E-state index in [0.717, 1.165) is 5.56 Å². The highest BCUT2D eigenvalue weighted by molar-refractivity contribution is 7.90. The largest absolute Gasteiger partial charge is 0.411 e. The minimum Gasteiger partial charge on any atom is -0.367 e. The molecule has 1 aromatic carbocycles. The van der Waals surface area contributed by atoms with E-state index in [0.29, 0.717) is 11.1 Å². The summed E-state index contributed by atoms with van der Waals surface area (Å²) in [4.78, 5) is 13.9. The Labute approximate surface area is 165 Å². The Morgan fingerprint density at radius 1 is 1.17 bits per heavy atom. The second-order valence-electron chi connectivity index (χ2n) is 6.45. The third kappa shape index (κ3) is 6.16. The molecule has 0 saturated carbocycles. The molecule has 0 bridgehead atoms. The summed E-state index contributed by atoms with van der Waals surface area (Å²) in [5.41, 5.74) is 1.72. The smallest absolute Gasteiger partial charge is 0.367 e. The van der Waals surface area contributed by atoms with Crippen LogP contribution in [-0.4, -0.2) is 50.1 Å². The summed E-state index contributed by atoms with van der Waals surface area (Å²) in [5, 5.41) is 2.74. The molecule has 156 valence electrons. The van der Waals surface area contributed by atoms with Gasteiger partial charge < -0.3 is 15.0 Å². The summed E-state index contributed by atoms with van der Waals surface area (Å²) in [6, 6.07) is 6.65. The zero-order valence-corrected chi connectivity index (χ0v) is 16.0. The normalized spacial score (nSPS) is 18.0. The number of amidine groups is 1. The van der Waals surface area contributed by atoms with Crippen LogP contribution in [0, 0.1) is 0 Å². The van der Waals surface area contributed by atoms with Crippen molar-refractivity contribution in [3.63, 3.8) is 0 Å². The molecule has 7 nitrogen and oxygen atoms in total. The number of hydrogen-bond acceptors (Lipinski definition) is 5. The van der Waals surface area contributed by atoms with E-state index in [2.05, 4.69) is 14.5 Å². The second kappa shape index (κ2) is 8.37. The molecule has 0 aliphatic carbocycles. The molecule has 11 heteroatoms. The maximum atomic E-state index is 12.3. The first-order valence-corrected chi connectivity index (χ1v) is 10.2. The number of benzene rings is 1. The van der Waals surface area contributed by atoms with Crippen molar-refractivity contribution in [2.45, 2.75) is 19.3 Å². The molecule has 0 fully saturated rings. The number of carbonyl (C=O) groups is 1. The van der Waals surface area contributed by atoms with E-state index < -0.39 is 22.8 Å². The lowest BCUT2D eigenvalue weighted by molar-refractivity contribution is -0.176. The van der Waals surface area contributed by atoms with E-state index in [1.54, 1.807) is 35.4 Å². The number of alkyl halides is 3. The Morgan fingerprint density at radius 2 is 1.86 bits per heavy atom. The van der Waals surface area contributed by atoms with E-state index in [1.165, 1.54) is 12.2 Å². The molecule has 0 spiro atoms. The highest BCUT2D eigenvalue weighted by Gasteiger charge is 2.27. The number of nitrogens with one attached hydrogen (secondary N) is 1. The molecule has 0 radical (unpaired) electrons. The van der Waals surface area contributed by atoms with Crippen LogP contribution in [0.5, 0.6) is 0 Å². The number of carbonyl (C=O) groups excluding carboxylic acids is 1. The topological polar surface area (TPSA) is 88.1 Å². The number of rotatable bonds is 6. The fourth-order valence-electron chi connectivity index (χ4n) is 2.66. The Hall–Kier alpha value is -2.66. The van der Waals surface area contributed by atoms with E-state index in [4.69, 9.17) is 0 Å². The Bertz CT molecular complexity index is 967. The van der Waals surface area contributed by atoms with E-state index in [1.807, 2.05) is 0 Å². The highest BCUT2D eigenvalue weighted by atomic mass is 32.2. The first-order chi connectivity index (χ1) is 13.6. The average molecular weight is 429 g/mol. The fraction of sp³-hybridized carbons (Fsp3) is 0.333. The van der Waals surface area contributed by atoms with Crippen molar-refractivity contribution >= 4 is 21.8 Å². The van der Waals surface area contributed by atoms with Gasteiger partial charge in [-0.2, -0.15) is 13.2 Å². The van der Waals surface area contributed by atoms with Crippen molar-refractivity contribution in [2.24, 2.45) is 4.40 Å². The molecule has 2 heterocycles. The Kier molecular flexibility index (Phi) is 6.08. The molecule has 0 saturated heterocycles. The van der Waals surface area contributed by atoms with Gasteiger partial charge >= 0.3 is 6.18 Å². The predicted octanol–water partition coefficient (Wildman–Crippen LogP) is 1.88. The predicted molar refractivity (Wildman–Crippen MR) is 99.2 cm³/mol. The third-order valence-corrected chi connectivity index (χ3v) is 5.26. The van der Waals surface area contributed by atoms with Crippen LogP contribution in [0.4, 0.5) is 13.2 Å². The number of fused-ring (bicyclic) bond motifs is 1. The van der Waals surface area contributed by atoms with Crippen LogP contribution in [0.1, 0.15) is 11.1 Å². The monoisotopic (exact) mass is 429 g/mol. The summed E-state index contributed by atoms with van der Waals surface area (Å²) in [6.45, 7) is -1.01. The van der Waals surface area contributed by atoms with Crippen LogP contribution in [0.25, 0.3) is 0 Å². The lowest BCUT2D eigenvalue weighted by atomic mass is 10.1. The van der Waals surface area contributed by atoms with Crippen molar-refractivity contribution in [1.82, 2.24) is 10.2 Å². The molecule has 0 aromatic heterocycles. The lowest BCUT2D eigenvalue weighted by Crippen LogP contribution is -2.38. The second-order valence-corrected chi connectivity index (χ2v) is 8.21. The number of nitrogens with zero attached hydrogens (tertiary/aromatic N) is 2. The summed E-state index contributed by atoms with van der Waals surface area (Å²) in [5.74, 6) is -0.183. The van der Waals surface area contributed by atoms with Gasteiger partial charge in [-0.15, -0.1) is 4.40 Å². The van der Waals surface area contributed by atoms with Crippen LogP contribution in [0.2, 0.25) is 0 Å². The van der Waals surface area contributed by atoms with Gasteiger partial charge in [-0.25, -0.2) is 8.42 Å². The minimum atomic E-state index is -4.36. The molecule has 1 aromatic rings. The molecular weight excluding hydrogens is 411 g/mol. The molecule has 29 heavy (non-hydrogen) atoms. The number of amides is 1. The van der Waals surface area contributed by atoms with Crippen LogP contribution < -0.4 is 5.32 Å². The van der Waals surface area contributed by atoms with Crippen molar-refractivity contribution in [3.8, 4) is 0 Å². The quantitative estimate of drug-likeness (QED) is 0.746. The number of halogens is 3. The van der Waals surface area contributed by atoms with Crippen LogP contribution in [-0.2, 0) is 32.7 Å². The number of sulfonamides is 1. The van der Waals surface area contributed by atoms with Crippen LogP contribution in [0.3, 0.4) is 0 Å². The van der Waals surface area contributed by atoms with Gasteiger partial charge in [0.15, 0.2) is 0 Å². The first-order valence-electron chi connectivity index (χ1n) is 8.61. The van der Waals surface area contributed by atoms with E-state index in [-0.39, 0.29) is 37.2 Å². The van der Waals surface area contributed by atoms with Gasteiger partial charge in [0.1, 0.15) is 12.4 Å². The standard InChI is InChI=1S/C18H18F3N3O4S/c19-18(20,21)12-28-11-14-3-1-13(2-4-14)9-22-17(25)15-5-6-16-23-29(26,27)8-7-24(16)10-15/h1-6,10H,7-9,11-12H2,(H,22,25). The molecule has 0 atom stereocenters. The average Bonchev–Trinajstić information content (AvgIpc) is 2.65. The zero-order valence-electron chi connectivity index (χ0n) is 15.1. The Morgan fingerprint density at radius 3 is 2.55 bits per heavy atom. The van der Waals surface area contributed by atoms with Crippen molar-refractivity contribution in [3.05, 3.63) is 59.3 Å². The number of ether oxygens (including phenoxy) is 1. The van der Waals surface area contributed by atoms with Gasteiger partial charge in [-0.05, 0) is 23.3 Å². The molecular formula is C18H18F3N3O4S. The van der Waals surface area contributed by atoms with Crippen LogP contribution >= 0.6 is 0 Å². The maximum absolute atomic E-state index is 12.3. The Balaban J connectivity index is 1.51. The van der Waals surface area contributed by atoms with Gasteiger partial charge in [0, 0.05) is 19.3 Å².